The lowest BCUT2D eigenvalue weighted by Crippen LogP contribution is -2.45. The topological polar surface area (TPSA) is 15.3 Å². The van der Waals surface area contributed by atoms with Gasteiger partial charge in [-0.1, -0.05) is 25.0 Å². The molecule has 118 valence electrons. The maximum Gasteiger partial charge on any atom is 0.163 e. The Kier molecular flexibility index (Phi) is 5.58. The van der Waals surface area contributed by atoms with Gasteiger partial charge in [-0.15, -0.1) is 12.4 Å². The van der Waals surface area contributed by atoms with Crippen LogP contribution in [0.1, 0.15) is 36.4 Å². The van der Waals surface area contributed by atoms with Gasteiger partial charge in [0.25, 0.3) is 0 Å². The smallest absolute Gasteiger partial charge is 0.163 e. The van der Waals surface area contributed by atoms with E-state index in [1.54, 1.807) is 19.1 Å². The standard InChI is InChI=1S/C16H22F2N2.ClH/c1-11-2-5-13(16(18)15(11)17)14(10-12-3-4-12)20-8-6-19-7-9-20;/h2,5,12,14,19H,3-4,6-10H2,1H3;1H/t14-;/m1./s1. The summed E-state index contributed by atoms with van der Waals surface area (Å²) in [7, 11) is 0. The van der Waals surface area contributed by atoms with Crippen molar-refractivity contribution in [2.45, 2.75) is 32.2 Å². The lowest BCUT2D eigenvalue weighted by atomic mass is 9.97. The molecule has 21 heavy (non-hydrogen) atoms. The molecule has 1 saturated carbocycles. The average Bonchev–Trinajstić information content (AvgIpc) is 3.28. The molecular formula is C16H23ClF2N2. The van der Waals surface area contributed by atoms with Gasteiger partial charge in [-0.3, -0.25) is 4.90 Å². The monoisotopic (exact) mass is 316 g/mol. The fourth-order valence-corrected chi connectivity index (χ4v) is 3.05. The zero-order chi connectivity index (χ0) is 14.1. The molecule has 2 aliphatic rings. The molecule has 1 heterocycles. The first kappa shape index (κ1) is 16.7. The number of nitrogens with zero attached hydrogens (tertiary/aromatic N) is 1. The first-order chi connectivity index (χ1) is 9.66. The van der Waals surface area contributed by atoms with Crippen molar-refractivity contribution in [3.63, 3.8) is 0 Å². The Morgan fingerprint density at radius 1 is 1.19 bits per heavy atom. The molecule has 0 amide bonds. The van der Waals surface area contributed by atoms with E-state index in [0.717, 1.165) is 32.6 Å². The second-order valence-electron chi connectivity index (χ2n) is 6.08. The Balaban J connectivity index is 0.00000161. The summed E-state index contributed by atoms with van der Waals surface area (Å²) in [5.74, 6) is -0.633. The number of benzene rings is 1. The summed E-state index contributed by atoms with van der Waals surface area (Å²) in [5.41, 5.74) is 0.929. The third kappa shape index (κ3) is 3.74. The van der Waals surface area contributed by atoms with Gasteiger partial charge >= 0.3 is 0 Å². The largest absolute Gasteiger partial charge is 0.314 e. The molecule has 1 aliphatic heterocycles. The number of hydrogen-bond acceptors (Lipinski definition) is 2. The van der Waals surface area contributed by atoms with Crippen LogP contribution in [-0.4, -0.2) is 31.1 Å². The molecule has 0 radical (unpaired) electrons. The Bertz CT molecular complexity index is 485. The zero-order valence-electron chi connectivity index (χ0n) is 12.4. The van der Waals surface area contributed by atoms with Crippen LogP contribution >= 0.6 is 12.4 Å². The molecule has 1 atom stereocenters. The van der Waals surface area contributed by atoms with Crippen molar-refractivity contribution in [3.05, 3.63) is 34.9 Å². The van der Waals surface area contributed by atoms with E-state index in [1.165, 1.54) is 12.8 Å². The van der Waals surface area contributed by atoms with Gasteiger partial charge in [0.2, 0.25) is 0 Å². The quantitative estimate of drug-likeness (QED) is 0.915. The highest BCUT2D eigenvalue weighted by Crippen LogP contribution is 2.41. The molecule has 2 fully saturated rings. The van der Waals surface area contributed by atoms with Crippen molar-refractivity contribution < 1.29 is 8.78 Å². The van der Waals surface area contributed by atoms with E-state index in [9.17, 15) is 8.78 Å². The number of rotatable bonds is 4. The number of hydrogen-bond donors (Lipinski definition) is 1. The lowest BCUT2D eigenvalue weighted by molar-refractivity contribution is 0.156. The summed E-state index contributed by atoms with van der Waals surface area (Å²) < 4.78 is 28.2. The van der Waals surface area contributed by atoms with Gasteiger partial charge in [-0.2, -0.15) is 0 Å². The second-order valence-corrected chi connectivity index (χ2v) is 6.08. The molecule has 0 unspecified atom stereocenters. The van der Waals surface area contributed by atoms with Gasteiger partial charge < -0.3 is 5.32 Å². The zero-order valence-corrected chi connectivity index (χ0v) is 13.2. The van der Waals surface area contributed by atoms with E-state index in [1.807, 2.05) is 0 Å². The van der Waals surface area contributed by atoms with Gasteiger partial charge in [0, 0.05) is 37.8 Å². The Morgan fingerprint density at radius 3 is 2.48 bits per heavy atom. The molecule has 3 rings (SSSR count). The van der Waals surface area contributed by atoms with Crippen molar-refractivity contribution in [3.8, 4) is 0 Å². The predicted octanol–water partition coefficient (Wildman–Crippen LogP) is 3.44. The second kappa shape index (κ2) is 7.03. The predicted molar refractivity (Wildman–Crippen MR) is 82.9 cm³/mol. The van der Waals surface area contributed by atoms with Crippen LogP contribution in [-0.2, 0) is 0 Å². The maximum atomic E-state index is 14.3. The van der Waals surface area contributed by atoms with Gasteiger partial charge in [0.05, 0.1) is 0 Å². The third-order valence-corrected chi connectivity index (χ3v) is 4.51. The minimum Gasteiger partial charge on any atom is -0.314 e. The van der Waals surface area contributed by atoms with Crippen LogP contribution in [0.2, 0.25) is 0 Å². The van der Waals surface area contributed by atoms with Crippen LogP contribution in [0.15, 0.2) is 12.1 Å². The van der Waals surface area contributed by atoms with Crippen molar-refractivity contribution in [2.24, 2.45) is 5.92 Å². The number of piperazine rings is 1. The summed E-state index contributed by atoms with van der Waals surface area (Å²) in [6.07, 6.45) is 3.43. The summed E-state index contributed by atoms with van der Waals surface area (Å²) in [5, 5.41) is 3.32. The summed E-state index contributed by atoms with van der Waals surface area (Å²) in [6, 6.07) is 3.51. The number of aryl methyl sites for hydroxylation is 1. The first-order valence-corrected chi connectivity index (χ1v) is 7.56. The van der Waals surface area contributed by atoms with Gasteiger partial charge in [0.1, 0.15) is 0 Å². The fourth-order valence-electron chi connectivity index (χ4n) is 3.05. The molecule has 1 aromatic carbocycles. The molecule has 1 N–H and O–H groups in total. The summed E-state index contributed by atoms with van der Waals surface area (Å²) >= 11 is 0. The van der Waals surface area contributed by atoms with Gasteiger partial charge in [-0.25, -0.2) is 8.78 Å². The highest BCUT2D eigenvalue weighted by Gasteiger charge is 2.32. The molecule has 1 aromatic rings. The highest BCUT2D eigenvalue weighted by atomic mass is 35.5. The Hall–Kier alpha value is -0.710. The SMILES string of the molecule is Cc1ccc([C@@H](CC2CC2)N2CCNCC2)c(F)c1F.Cl. The molecule has 2 nitrogen and oxygen atoms in total. The van der Waals surface area contributed by atoms with Crippen molar-refractivity contribution in [2.75, 3.05) is 26.2 Å². The Morgan fingerprint density at radius 2 is 1.86 bits per heavy atom. The minimum atomic E-state index is -0.682. The van der Waals surface area contributed by atoms with Crippen LogP contribution in [0.3, 0.4) is 0 Å². The lowest BCUT2D eigenvalue weighted by Gasteiger charge is -2.35. The summed E-state index contributed by atoms with van der Waals surface area (Å²) in [4.78, 5) is 2.31. The number of halogens is 3. The van der Waals surface area contributed by atoms with E-state index in [0.29, 0.717) is 17.0 Å². The van der Waals surface area contributed by atoms with Crippen molar-refractivity contribution in [1.82, 2.24) is 10.2 Å². The van der Waals surface area contributed by atoms with Crippen molar-refractivity contribution >= 4 is 12.4 Å². The van der Waals surface area contributed by atoms with Crippen LogP contribution in [0.5, 0.6) is 0 Å². The average molecular weight is 317 g/mol. The third-order valence-electron chi connectivity index (χ3n) is 4.51. The van der Waals surface area contributed by atoms with Crippen LogP contribution in [0.4, 0.5) is 8.78 Å². The highest BCUT2D eigenvalue weighted by molar-refractivity contribution is 5.85. The molecule has 0 spiro atoms. The Labute approximate surface area is 131 Å². The first-order valence-electron chi connectivity index (χ1n) is 7.56. The van der Waals surface area contributed by atoms with Crippen LogP contribution in [0, 0.1) is 24.5 Å². The van der Waals surface area contributed by atoms with Crippen molar-refractivity contribution in [1.29, 1.82) is 0 Å². The van der Waals surface area contributed by atoms with Crippen LogP contribution in [0.25, 0.3) is 0 Å². The molecule has 0 bridgehead atoms. The summed E-state index contributed by atoms with van der Waals surface area (Å²) in [6.45, 7) is 5.29. The normalized spacial score (nSPS) is 20.9. The van der Waals surface area contributed by atoms with E-state index in [-0.39, 0.29) is 18.4 Å². The molecule has 1 aliphatic carbocycles. The molecule has 0 aromatic heterocycles. The number of nitrogens with one attached hydrogen (secondary N) is 1. The maximum absolute atomic E-state index is 14.3. The van der Waals surface area contributed by atoms with E-state index in [2.05, 4.69) is 10.2 Å². The fraction of sp³-hybridized carbons (Fsp3) is 0.625. The van der Waals surface area contributed by atoms with Crippen LogP contribution < -0.4 is 5.32 Å². The van der Waals surface area contributed by atoms with E-state index >= 15 is 0 Å². The van der Waals surface area contributed by atoms with Gasteiger partial charge in [-0.05, 0) is 24.8 Å². The molecule has 1 saturated heterocycles. The van der Waals surface area contributed by atoms with E-state index in [4.69, 9.17) is 0 Å². The van der Waals surface area contributed by atoms with Gasteiger partial charge in [0.15, 0.2) is 11.6 Å². The van der Waals surface area contributed by atoms with E-state index < -0.39 is 11.6 Å². The minimum absolute atomic E-state index is 0. The molecule has 5 heteroatoms. The molecular weight excluding hydrogens is 294 g/mol.